The minimum Gasteiger partial charge on any atom is -0.435 e. The lowest BCUT2D eigenvalue weighted by atomic mass is 10.2. The maximum absolute atomic E-state index is 12.0. The Bertz CT molecular complexity index is 600. The monoisotopic (exact) mass is 278 g/mol. The van der Waals surface area contributed by atoms with Crippen molar-refractivity contribution in [3.05, 3.63) is 54.1 Å². The number of amides is 1. The molecule has 2 rings (SSSR count). The van der Waals surface area contributed by atoms with Gasteiger partial charge in [0.1, 0.15) is 5.75 Å². The van der Waals surface area contributed by atoms with Crippen molar-refractivity contribution in [1.29, 1.82) is 0 Å². The summed E-state index contributed by atoms with van der Waals surface area (Å²) in [6.07, 6.45) is 0. The predicted molar refractivity (Wildman–Crippen MR) is 71.9 cm³/mol. The second-order valence-electron chi connectivity index (χ2n) is 3.98. The molecule has 0 atom stereocenters. The van der Waals surface area contributed by atoms with Gasteiger partial charge in [-0.15, -0.1) is 0 Å². The number of nitrogens with one attached hydrogen (secondary N) is 1. The Morgan fingerprint density at radius 3 is 2.45 bits per heavy atom. The molecule has 3 N–H and O–H groups in total. The first-order valence-corrected chi connectivity index (χ1v) is 5.76. The number of nitrogens with two attached hydrogens (primary N) is 1. The lowest BCUT2D eigenvalue weighted by molar-refractivity contribution is -0.0498. The van der Waals surface area contributed by atoms with Crippen LogP contribution >= 0.6 is 0 Å². The molecule has 0 aliphatic rings. The quantitative estimate of drug-likeness (QED) is 0.844. The van der Waals surface area contributed by atoms with E-state index in [2.05, 4.69) is 10.1 Å². The largest absolute Gasteiger partial charge is 0.435 e. The lowest BCUT2D eigenvalue weighted by Gasteiger charge is -2.08. The predicted octanol–water partition coefficient (Wildman–Crippen LogP) is 3.12. The number of hydrogen-bond donors (Lipinski definition) is 2. The molecule has 6 heteroatoms. The molecule has 0 aromatic heterocycles. The summed E-state index contributed by atoms with van der Waals surface area (Å²) in [7, 11) is 0. The van der Waals surface area contributed by atoms with Gasteiger partial charge in [0.2, 0.25) is 0 Å². The van der Waals surface area contributed by atoms with Crippen molar-refractivity contribution in [2.45, 2.75) is 6.61 Å². The fourth-order valence-corrected chi connectivity index (χ4v) is 1.60. The summed E-state index contributed by atoms with van der Waals surface area (Å²) in [5.74, 6) is -0.304. The maximum atomic E-state index is 12.0. The Morgan fingerprint density at radius 2 is 1.85 bits per heavy atom. The Balaban J connectivity index is 2.04. The second kappa shape index (κ2) is 6.01. The Kier molecular flexibility index (Phi) is 4.14. The van der Waals surface area contributed by atoms with Gasteiger partial charge in [0, 0.05) is 16.9 Å². The van der Waals surface area contributed by atoms with Crippen LogP contribution in [0.4, 0.5) is 20.2 Å². The number of nitrogen functional groups attached to an aromatic ring is 1. The molecule has 2 aromatic rings. The van der Waals surface area contributed by atoms with E-state index >= 15 is 0 Å². The summed E-state index contributed by atoms with van der Waals surface area (Å²) in [6.45, 7) is -2.87. The molecule has 0 fully saturated rings. The van der Waals surface area contributed by atoms with Crippen molar-refractivity contribution >= 4 is 17.3 Å². The van der Waals surface area contributed by atoms with Crippen LogP contribution in [0.5, 0.6) is 5.75 Å². The third kappa shape index (κ3) is 3.68. The third-order valence-corrected chi connectivity index (χ3v) is 2.49. The van der Waals surface area contributed by atoms with Gasteiger partial charge < -0.3 is 15.8 Å². The molecule has 20 heavy (non-hydrogen) atoms. The van der Waals surface area contributed by atoms with Crippen molar-refractivity contribution < 1.29 is 18.3 Å². The molecule has 0 aliphatic heterocycles. The first-order chi connectivity index (χ1) is 9.54. The first kappa shape index (κ1) is 13.8. The summed E-state index contributed by atoms with van der Waals surface area (Å²) in [4.78, 5) is 11.9. The zero-order chi connectivity index (χ0) is 14.5. The van der Waals surface area contributed by atoms with E-state index in [9.17, 15) is 13.6 Å². The van der Waals surface area contributed by atoms with Crippen LogP contribution in [0.15, 0.2) is 48.5 Å². The molecule has 104 valence electrons. The number of rotatable bonds is 4. The van der Waals surface area contributed by atoms with Crippen LogP contribution in [0.3, 0.4) is 0 Å². The Morgan fingerprint density at radius 1 is 1.15 bits per heavy atom. The molecule has 0 saturated heterocycles. The number of benzene rings is 2. The van der Waals surface area contributed by atoms with Crippen molar-refractivity contribution in [2.24, 2.45) is 0 Å². The highest BCUT2D eigenvalue weighted by Crippen LogP contribution is 2.18. The molecule has 0 saturated carbocycles. The average Bonchev–Trinajstić information content (AvgIpc) is 2.40. The molecule has 0 aliphatic carbocycles. The van der Waals surface area contributed by atoms with E-state index in [1.165, 1.54) is 24.3 Å². The molecule has 0 bridgehead atoms. The number of hydrogen-bond acceptors (Lipinski definition) is 3. The fraction of sp³-hybridized carbons (Fsp3) is 0.0714. The van der Waals surface area contributed by atoms with Crippen molar-refractivity contribution in [1.82, 2.24) is 0 Å². The SMILES string of the molecule is Nc1cccc(C(=O)Nc2ccc(OC(F)F)cc2)c1. The van der Waals surface area contributed by atoms with E-state index in [1.54, 1.807) is 24.3 Å². The van der Waals surface area contributed by atoms with E-state index in [4.69, 9.17) is 5.73 Å². The molecular weight excluding hydrogens is 266 g/mol. The molecule has 4 nitrogen and oxygen atoms in total. The molecular formula is C14H12F2N2O2. The lowest BCUT2D eigenvalue weighted by Crippen LogP contribution is -2.12. The number of anilines is 2. The van der Waals surface area contributed by atoms with Crippen LogP contribution in [-0.2, 0) is 0 Å². The van der Waals surface area contributed by atoms with Gasteiger partial charge in [0.25, 0.3) is 5.91 Å². The summed E-state index contributed by atoms with van der Waals surface area (Å²) in [6, 6.07) is 12.2. The summed E-state index contributed by atoms with van der Waals surface area (Å²) in [5, 5.41) is 2.63. The van der Waals surface area contributed by atoms with E-state index < -0.39 is 6.61 Å². The fourth-order valence-electron chi connectivity index (χ4n) is 1.60. The highest BCUT2D eigenvalue weighted by molar-refractivity contribution is 6.04. The van der Waals surface area contributed by atoms with Gasteiger partial charge in [-0.2, -0.15) is 8.78 Å². The van der Waals surface area contributed by atoms with Gasteiger partial charge in [0.05, 0.1) is 0 Å². The van der Waals surface area contributed by atoms with Crippen molar-refractivity contribution in [2.75, 3.05) is 11.1 Å². The second-order valence-corrected chi connectivity index (χ2v) is 3.98. The molecule has 0 unspecified atom stereocenters. The summed E-state index contributed by atoms with van der Waals surface area (Å²) >= 11 is 0. The van der Waals surface area contributed by atoms with E-state index in [1.807, 2.05) is 0 Å². The standard InChI is InChI=1S/C14H12F2N2O2/c15-14(16)20-12-6-4-11(5-7-12)18-13(19)9-2-1-3-10(17)8-9/h1-8,14H,17H2,(H,18,19). The first-order valence-electron chi connectivity index (χ1n) is 5.76. The highest BCUT2D eigenvalue weighted by atomic mass is 19.3. The van der Waals surface area contributed by atoms with Gasteiger partial charge in [0.15, 0.2) is 0 Å². The number of ether oxygens (including phenoxy) is 1. The number of carbonyl (C=O) groups is 1. The van der Waals surface area contributed by atoms with E-state index in [0.29, 0.717) is 16.9 Å². The Labute approximate surface area is 114 Å². The zero-order valence-electron chi connectivity index (χ0n) is 10.3. The highest BCUT2D eigenvalue weighted by Gasteiger charge is 2.07. The summed E-state index contributed by atoms with van der Waals surface area (Å²) in [5.41, 5.74) is 6.96. The van der Waals surface area contributed by atoms with Crippen LogP contribution in [0.1, 0.15) is 10.4 Å². The van der Waals surface area contributed by atoms with Crippen LogP contribution in [0.2, 0.25) is 0 Å². The number of carbonyl (C=O) groups excluding carboxylic acids is 1. The number of halogens is 2. The molecule has 0 spiro atoms. The third-order valence-electron chi connectivity index (χ3n) is 2.49. The van der Waals surface area contributed by atoms with Crippen LogP contribution in [0.25, 0.3) is 0 Å². The zero-order valence-corrected chi connectivity index (χ0v) is 10.3. The molecule has 0 heterocycles. The van der Waals surface area contributed by atoms with Crippen molar-refractivity contribution in [3.63, 3.8) is 0 Å². The molecule has 0 radical (unpaired) electrons. The Hall–Kier alpha value is -2.63. The van der Waals surface area contributed by atoms with E-state index in [-0.39, 0.29) is 11.7 Å². The normalized spacial score (nSPS) is 10.3. The van der Waals surface area contributed by atoms with Crippen LogP contribution in [0, 0.1) is 0 Å². The minimum atomic E-state index is -2.87. The van der Waals surface area contributed by atoms with Gasteiger partial charge in [-0.25, -0.2) is 0 Å². The van der Waals surface area contributed by atoms with Crippen LogP contribution in [-0.4, -0.2) is 12.5 Å². The molecule has 2 aromatic carbocycles. The minimum absolute atomic E-state index is 0.0296. The topological polar surface area (TPSA) is 64.4 Å². The molecule has 1 amide bonds. The smallest absolute Gasteiger partial charge is 0.387 e. The number of alkyl halides is 2. The van der Waals surface area contributed by atoms with E-state index in [0.717, 1.165) is 0 Å². The van der Waals surface area contributed by atoms with Crippen LogP contribution < -0.4 is 15.8 Å². The van der Waals surface area contributed by atoms with Gasteiger partial charge in [-0.1, -0.05) is 6.07 Å². The van der Waals surface area contributed by atoms with Gasteiger partial charge in [-0.05, 0) is 42.5 Å². The van der Waals surface area contributed by atoms with Crippen molar-refractivity contribution in [3.8, 4) is 5.75 Å². The average molecular weight is 278 g/mol. The summed E-state index contributed by atoms with van der Waals surface area (Å²) < 4.78 is 28.2. The van der Waals surface area contributed by atoms with Gasteiger partial charge in [-0.3, -0.25) is 4.79 Å². The maximum Gasteiger partial charge on any atom is 0.387 e. The van der Waals surface area contributed by atoms with Gasteiger partial charge >= 0.3 is 6.61 Å².